The van der Waals surface area contributed by atoms with Crippen molar-refractivity contribution in [3.8, 4) is 0 Å². The van der Waals surface area contributed by atoms with E-state index >= 15 is 0 Å². The molecule has 2 N–H and O–H groups in total. The molecule has 1 saturated heterocycles. The number of imide groups is 1. The van der Waals surface area contributed by atoms with E-state index in [1.165, 1.54) is 4.90 Å². The molecule has 1 aliphatic heterocycles. The molecule has 1 fully saturated rings. The van der Waals surface area contributed by atoms with Gasteiger partial charge in [-0.15, -0.1) is 0 Å². The Hall–Kier alpha value is -0.970. The van der Waals surface area contributed by atoms with Gasteiger partial charge in [-0.05, 0) is 12.8 Å². The zero-order valence-corrected chi connectivity index (χ0v) is 9.84. The fourth-order valence-electron chi connectivity index (χ4n) is 1.66. The van der Waals surface area contributed by atoms with Gasteiger partial charge >= 0.3 is 0 Å². The molecular formula is C10H16N2O2S. The second kappa shape index (κ2) is 4.70. The van der Waals surface area contributed by atoms with E-state index in [0.717, 1.165) is 0 Å². The second-order valence-corrected chi connectivity index (χ2v) is 4.50. The average molecular weight is 228 g/mol. The van der Waals surface area contributed by atoms with Crippen molar-refractivity contribution in [3.63, 3.8) is 0 Å². The standard InChI is InChI=1S/C10H16N2O2S/c1-6-7(2)10(14)12(9(6)13)5-3-4-8(11)15/h6-7H,3-5H2,1-2H3,(H2,11,15). The number of rotatable bonds is 4. The highest BCUT2D eigenvalue weighted by Gasteiger charge is 2.41. The molecule has 2 atom stereocenters. The zero-order chi connectivity index (χ0) is 11.6. The molecule has 84 valence electrons. The van der Waals surface area contributed by atoms with Crippen LogP contribution in [-0.4, -0.2) is 28.2 Å². The molecule has 4 nitrogen and oxygen atoms in total. The van der Waals surface area contributed by atoms with Crippen LogP contribution in [0.3, 0.4) is 0 Å². The molecule has 0 saturated carbocycles. The highest BCUT2D eigenvalue weighted by molar-refractivity contribution is 7.80. The SMILES string of the molecule is CC1C(=O)N(CCCC(N)=S)C(=O)C1C. The smallest absolute Gasteiger partial charge is 0.232 e. The van der Waals surface area contributed by atoms with E-state index in [4.69, 9.17) is 18.0 Å². The van der Waals surface area contributed by atoms with Crippen molar-refractivity contribution in [2.45, 2.75) is 26.7 Å². The van der Waals surface area contributed by atoms with E-state index in [9.17, 15) is 9.59 Å². The first-order valence-electron chi connectivity index (χ1n) is 5.08. The summed E-state index contributed by atoms with van der Waals surface area (Å²) >= 11 is 4.73. The van der Waals surface area contributed by atoms with Gasteiger partial charge in [-0.25, -0.2) is 0 Å². The first-order chi connectivity index (χ1) is 6.95. The molecule has 0 aliphatic carbocycles. The zero-order valence-electron chi connectivity index (χ0n) is 9.03. The summed E-state index contributed by atoms with van der Waals surface area (Å²) in [5.74, 6) is -0.532. The second-order valence-electron chi connectivity index (χ2n) is 3.98. The summed E-state index contributed by atoms with van der Waals surface area (Å²) < 4.78 is 0. The van der Waals surface area contributed by atoms with Crippen LogP contribution in [0.25, 0.3) is 0 Å². The topological polar surface area (TPSA) is 63.4 Å². The van der Waals surface area contributed by atoms with Crippen molar-refractivity contribution in [2.75, 3.05) is 6.54 Å². The van der Waals surface area contributed by atoms with Gasteiger partial charge in [0.2, 0.25) is 11.8 Å². The average Bonchev–Trinajstić information content (AvgIpc) is 2.34. The van der Waals surface area contributed by atoms with Crippen LogP contribution in [0.2, 0.25) is 0 Å². The van der Waals surface area contributed by atoms with Crippen molar-refractivity contribution in [1.82, 2.24) is 4.90 Å². The van der Waals surface area contributed by atoms with Crippen LogP contribution in [-0.2, 0) is 9.59 Å². The van der Waals surface area contributed by atoms with Crippen LogP contribution in [0.5, 0.6) is 0 Å². The molecule has 1 aliphatic rings. The minimum Gasteiger partial charge on any atom is -0.393 e. The van der Waals surface area contributed by atoms with Crippen molar-refractivity contribution < 1.29 is 9.59 Å². The summed E-state index contributed by atoms with van der Waals surface area (Å²) in [7, 11) is 0. The van der Waals surface area contributed by atoms with Crippen molar-refractivity contribution in [1.29, 1.82) is 0 Å². The molecule has 0 aromatic heterocycles. The Morgan fingerprint density at radius 3 is 2.20 bits per heavy atom. The van der Waals surface area contributed by atoms with E-state index in [0.29, 0.717) is 24.4 Å². The first kappa shape index (κ1) is 12.1. The number of carbonyl (C=O) groups excluding carboxylic acids is 2. The van der Waals surface area contributed by atoms with Gasteiger partial charge in [0.25, 0.3) is 0 Å². The Morgan fingerprint density at radius 1 is 1.33 bits per heavy atom. The predicted octanol–water partition coefficient (Wildman–Crippen LogP) is 0.694. The highest BCUT2D eigenvalue weighted by Crippen LogP contribution is 2.25. The largest absolute Gasteiger partial charge is 0.393 e. The summed E-state index contributed by atoms with van der Waals surface area (Å²) in [6.45, 7) is 4.01. The Kier molecular flexibility index (Phi) is 3.79. The summed E-state index contributed by atoms with van der Waals surface area (Å²) in [6, 6.07) is 0. The number of hydrogen-bond donors (Lipinski definition) is 1. The van der Waals surface area contributed by atoms with Gasteiger partial charge in [0, 0.05) is 18.4 Å². The van der Waals surface area contributed by atoms with Crippen LogP contribution >= 0.6 is 12.2 Å². The van der Waals surface area contributed by atoms with Crippen LogP contribution < -0.4 is 5.73 Å². The Balaban J connectivity index is 2.52. The number of carbonyl (C=O) groups is 2. The fourth-order valence-corrected chi connectivity index (χ4v) is 1.80. The minimum atomic E-state index is -0.192. The third kappa shape index (κ3) is 2.53. The lowest BCUT2D eigenvalue weighted by atomic mass is 10.00. The molecule has 5 heteroatoms. The maximum atomic E-state index is 11.6. The van der Waals surface area contributed by atoms with Crippen LogP contribution in [0.15, 0.2) is 0 Å². The number of nitrogens with zero attached hydrogens (tertiary/aromatic N) is 1. The quantitative estimate of drug-likeness (QED) is 0.568. The van der Waals surface area contributed by atoms with Crippen LogP contribution in [0.4, 0.5) is 0 Å². The third-order valence-electron chi connectivity index (χ3n) is 2.87. The number of thiocarbonyl (C=S) groups is 1. The molecule has 0 spiro atoms. The summed E-state index contributed by atoms with van der Waals surface area (Å²) in [4.78, 5) is 25.0. The highest BCUT2D eigenvalue weighted by atomic mass is 32.1. The molecule has 0 aromatic carbocycles. The van der Waals surface area contributed by atoms with E-state index in [-0.39, 0.29) is 23.7 Å². The van der Waals surface area contributed by atoms with Gasteiger partial charge in [-0.1, -0.05) is 26.1 Å². The normalized spacial score (nSPS) is 26.1. The number of amides is 2. The monoisotopic (exact) mass is 228 g/mol. The number of likely N-dealkylation sites (tertiary alicyclic amines) is 1. The Labute approximate surface area is 94.8 Å². The molecule has 2 unspecified atom stereocenters. The van der Waals surface area contributed by atoms with E-state index in [1.54, 1.807) is 13.8 Å². The lowest BCUT2D eigenvalue weighted by Crippen LogP contribution is -2.32. The number of nitrogens with two attached hydrogens (primary N) is 1. The summed E-state index contributed by atoms with van der Waals surface area (Å²) in [5.41, 5.74) is 5.34. The van der Waals surface area contributed by atoms with Gasteiger partial charge in [0.15, 0.2) is 0 Å². The molecular weight excluding hydrogens is 212 g/mol. The Morgan fingerprint density at radius 2 is 1.80 bits per heavy atom. The Bertz CT molecular complexity index is 284. The summed E-state index contributed by atoms with van der Waals surface area (Å²) in [5, 5.41) is 0. The van der Waals surface area contributed by atoms with Gasteiger partial charge in [-0.2, -0.15) is 0 Å². The summed E-state index contributed by atoms with van der Waals surface area (Å²) in [6.07, 6.45) is 1.24. The van der Waals surface area contributed by atoms with E-state index in [2.05, 4.69) is 0 Å². The molecule has 1 rings (SSSR count). The molecule has 1 heterocycles. The van der Waals surface area contributed by atoms with E-state index in [1.807, 2.05) is 0 Å². The number of hydrogen-bond acceptors (Lipinski definition) is 3. The van der Waals surface area contributed by atoms with Gasteiger partial charge in [-0.3, -0.25) is 14.5 Å². The fraction of sp³-hybridized carbons (Fsp3) is 0.700. The first-order valence-corrected chi connectivity index (χ1v) is 5.49. The third-order valence-corrected chi connectivity index (χ3v) is 3.07. The van der Waals surface area contributed by atoms with Crippen molar-refractivity contribution in [3.05, 3.63) is 0 Å². The van der Waals surface area contributed by atoms with Crippen molar-refractivity contribution in [2.24, 2.45) is 17.6 Å². The van der Waals surface area contributed by atoms with Gasteiger partial charge in [0.1, 0.15) is 0 Å². The van der Waals surface area contributed by atoms with Crippen LogP contribution in [0, 0.1) is 11.8 Å². The maximum absolute atomic E-state index is 11.6. The molecule has 0 aromatic rings. The van der Waals surface area contributed by atoms with Crippen LogP contribution in [0.1, 0.15) is 26.7 Å². The van der Waals surface area contributed by atoms with Gasteiger partial charge in [0.05, 0.1) is 4.99 Å². The van der Waals surface area contributed by atoms with Crippen molar-refractivity contribution >= 4 is 29.0 Å². The molecule has 0 bridgehead atoms. The maximum Gasteiger partial charge on any atom is 0.232 e. The minimum absolute atomic E-state index is 0.0737. The lowest BCUT2D eigenvalue weighted by Gasteiger charge is -2.13. The lowest BCUT2D eigenvalue weighted by molar-refractivity contribution is -0.139. The molecule has 15 heavy (non-hydrogen) atoms. The predicted molar refractivity (Wildman–Crippen MR) is 61.1 cm³/mol. The van der Waals surface area contributed by atoms with E-state index < -0.39 is 0 Å². The molecule has 0 radical (unpaired) electrons. The van der Waals surface area contributed by atoms with Gasteiger partial charge < -0.3 is 5.73 Å². The molecule has 2 amide bonds.